The zero-order valence-electron chi connectivity index (χ0n) is 12.3. The third-order valence-electron chi connectivity index (χ3n) is 2.83. The molecule has 1 rings (SSSR count). The summed E-state index contributed by atoms with van der Waals surface area (Å²) in [4.78, 5) is 23.9. The van der Waals surface area contributed by atoms with Crippen LogP contribution < -0.4 is 16.0 Å². The Balaban J connectivity index is 2.68. The molecule has 0 saturated carbocycles. The van der Waals surface area contributed by atoms with E-state index in [2.05, 4.69) is 16.0 Å². The lowest BCUT2D eigenvalue weighted by molar-refractivity contribution is -0.122. The number of hydrogen-bond donors (Lipinski definition) is 3. The molecule has 0 aliphatic rings. The van der Waals surface area contributed by atoms with Crippen molar-refractivity contribution in [3.05, 3.63) is 29.8 Å². The summed E-state index contributed by atoms with van der Waals surface area (Å²) in [6.45, 7) is 6.98. The summed E-state index contributed by atoms with van der Waals surface area (Å²) in [5.74, 6) is -0.415. The zero-order valence-corrected chi connectivity index (χ0v) is 12.3. The van der Waals surface area contributed by atoms with E-state index in [1.54, 1.807) is 19.1 Å². The molecule has 110 valence electrons. The molecule has 2 amide bonds. The van der Waals surface area contributed by atoms with Gasteiger partial charge < -0.3 is 16.0 Å². The van der Waals surface area contributed by atoms with Gasteiger partial charge in [0.05, 0.1) is 5.56 Å². The number of hydrogen-bond acceptors (Lipinski definition) is 3. The number of rotatable bonds is 7. The first-order chi connectivity index (χ1) is 9.60. The molecular weight excluding hydrogens is 254 g/mol. The summed E-state index contributed by atoms with van der Waals surface area (Å²) >= 11 is 0. The number of para-hydroxylation sites is 1. The van der Waals surface area contributed by atoms with Crippen LogP contribution in [0, 0.1) is 0 Å². The van der Waals surface area contributed by atoms with Gasteiger partial charge in [0.2, 0.25) is 5.91 Å². The number of carbonyl (C=O) groups excluding carboxylic acids is 2. The average molecular weight is 277 g/mol. The minimum absolute atomic E-state index is 0.166. The van der Waals surface area contributed by atoms with Crippen molar-refractivity contribution in [2.45, 2.75) is 33.2 Å². The number of anilines is 1. The van der Waals surface area contributed by atoms with Gasteiger partial charge >= 0.3 is 0 Å². The molecule has 0 fully saturated rings. The monoisotopic (exact) mass is 277 g/mol. The first-order valence-electron chi connectivity index (χ1n) is 7.01. The largest absolute Gasteiger partial charge is 0.385 e. The van der Waals surface area contributed by atoms with Crippen LogP contribution in [-0.2, 0) is 4.79 Å². The van der Waals surface area contributed by atoms with Gasteiger partial charge in [-0.25, -0.2) is 0 Å². The third kappa shape index (κ3) is 4.57. The Kier molecular flexibility index (Phi) is 6.56. The Bertz CT molecular complexity index is 460. The van der Waals surface area contributed by atoms with Gasteiger partial charge in [0, 0.05) is 18.8 Å². The molecule has 20 heavy (non-hydrogen) atoms. The van der Waals surface area contributed by atoms with Crippen LogP contribution in [0.5, 0.6) is 0 Å². The quantitative estimate of drug-likeness (QED) is 0.711. The molecule has 0 aliphatic heterocycles. The summed E-state index contributed by atoms with van der Waals surface area (Å²) < 4.78 is 0. The molecule has 1 unspecified atom stereocenters. The summed E-state index contributed by atoms with van der Waals surface area (Å²) in [7, 11) is 0. The van der Waals surface area contributed by atoms with Gasteiger partial charge in [-0.05, 0) is 32.4 Å². The topological polar surface area (TPSA) is 70.2 Å². The minimum Gasteiger partial charge on any atom is -0.385 e. The normalized spacial score (nSPS) is 11.6. The Hall–Kier alpha value is -2.04. The van der Waals surface area contributed by atoms with E-state index in [4.69, 9.17) is 0 Å². The summed E-state index contributed by atoms with van der Waals surface area (Å²) in [6.07, 6.45) is 0.871. The number of benzene rings is 1. The van der Waals surface area contributed by atoms with Crippen LogP contribution in [0.2, 0.25) is 0 Å². The van der Waals surface area contributed by atoms with Crippen molar-refractivity contribution in [1.29, 1.82) is 0 Å². The molecule has 3 N–H and O–H groups in total. The van der Waals surface area contributed by atoms with Crippen LogP contribution in [0.15, 0.2) is 24.3 Å². The Morgan fingerprint density at radius 3 is 2.55 bits per heavy atom. The van der Waals surface area contributed by atoms with Crippen molar-refractivity contribution < 1.29 is 9.59 Å². The van der Waals surface area contributed by atoms with E-state index < -0.39 is 6.04 Å². The Morgan fingerprint density at radius 1 is 1.20 bits per heavy atom. The fraction of sp³-hybridized carbons (Fsp3) is 0.467. The van der Waals surface area contributed by atoms with E-state index in [0.717, 1.165) is 18.7 Å². The molecule has 1 aromatic carbocycles. The summed E-state index contributed by atoms with van der Waals surface area (Å²) in [5.41, 5.74) is 1.32. The van der Waals surface area contributed by atoms with E-state index in [0.29, 0.717) is 12.1 Å². The SMILES string of the molecule is CCCNC(=O)C(C)NC(=O)c1ccccc1NCC. The van der Waals surface area contributed by atoms with Gasteiger partial charge in [0.1, 0.15) is 6.04 Å². The molecule has 0 aliphatic carbocycles. The highest BCUT2D eigenvalue weighted by molar-refractivity contribution is 6.01. The lowest BCUT2D eigenvalue weighted by Crippen LogP contribution is -2.45. The van der Waals surface area contributed by atoms with Crippen LogP contribution >= 0.6 is 0 Å². The molecule has 0 heterocycles. The van der Waals surface area contributed by atoms with Crippen LogP contribution in [0.25, 0.3) is 0 Å². The van der Waals surface area contributed by atoms with Crippen LogP contribution in [0.4, 0.5) is 5.69 Å². The van der Waals surface area contributed by atoms with Crippen molar-refractivity contribution in [3.8, 4) is 0 Å². The number of nitrogens with one attached hydrogen (secondary N) is 3. The zero-order chi connectivity index (χ0) is 15.0. The third-order valence-corrected chi connectivity index (χ3v) is 2.83. The first-order valence-corrected chi connectivity index (χ1v) is 7.01. The van der Waals surface area contributed by atoms with Crippen LogP contribution in [-0.4, -0.2) is 30.9 Å². The minimum atomic E-state index is -0.552. The fourth-order valence-electron chi connectivity index (χ4n) is 1.77. The summed E-state index contributed by atoms with van der Waals surface area (Å²) in [5, 5.41) is 8.60. The van der Waals surface area contributed by atoms with Crippen molar-refractivity contribution in [3.63, 3.8) is 0 Å². The second-order valence-electron chi connectivity index (χ2n) is 4.56. The van der Waals surface area contributed by atoms with Crippen molar-refractivity contribution >= 4 is 17.5 Å². The highest BCUT2D eigenvalue weighted by Crippen LogP contribution is 2.14. The maximum Gasteiger partial charge on any atom is 0.254 e. The van der Waals surface area contributed by atoms with Crippen LogP contribution in [0.3, 0.4) is 0 Å². The van der Waals surface area contributed by atoms with Crippen molar-refractivity contribution in [2.24, 2.45) is 0 Å². The predicted molar refractivity (Wildman–Crippen MR) is 80.8 cm³/mol. The number of carbonyl (C=O) groups is 2. The van der Waals surface area contributed by atoms with E-state index in [9.17, 15) is 9.59 Å². The molecule has 1 aromatic rings. The highest BCUT2D eigenvalue weighted by Gasteiger charge is 2.17. The van der Waals surface area contributed by atoms with Crippen molar-refractivity contribution in [2.75, 3.05) is 18.4 Å². The highest BCUT2D eigenvalue weighted by atomic mass is 16.2. The van der Waals surface area contributed by atoms with E-state index in [1.165, 1.54) is 0 Å². The first kappa shape index (κ1) is 16.0. The second-order valence-corrected chi connectivity index (χ2v) is 4.56. The van der Waals surface area contributed by atoms with Gasteiger partial charge in [-0.2, -0.15) is 0 Å². The molecule has 0 radical (unpaired) electrons. The Labute approximate surface area is 120 Å². The Morgan fingerprint density at radius 2 is 1.90 bits per heavy atom. The molecule has 5 heteroatoms. The van der Waals surface area contributed by atoms with E-state index in [-0.39, 0.29) is 11.8 Å². The van der Waals surface area contributed by atoms with Gasteiger partial charge in [-0.1, -0.05) is 19.1 Å². The molecule has 0 bridgehead atoms. The molecule has 0 spiro atoms. The van der Waals surface area contributed by atoms with Crippen LogP contribution in [0.1, 0.15) is 37.6 Å². The fourth-order valence-corrected chi connectivity index (χ4v) is 1.77. The second kappa shape index (κ2) is 8.19. The van der Waals surface area contributed by atoms with Gasteiger partial charge in [0.25, 0.3) is 5.91 Å². The van der Waals surface area contributed by atoms with Gasteiger partial charge in [0.15, 0.2) is 0 Å². The van der Waals surface area contributed by atoms with Gasteiger partial charge in [-0.15, -0.1) is 0 Å². The lowest BCUT2D eigenvalue weighted by Gasteiger charge is -2.15. The molecule has 0 saturated heterocycles. The molecule has 5 nitrogen and oxygen atoms in total. The average Bonchev–Trinajstić information content (AvgIpc) is 2.45. The molecule has 0 aromatic heterocycles. The number of amides is 2. The maximum atomic E-state index is 12.2. The van der Waals surface area contributed by atoms with E-state index >= 15 is 0 Å². The summed E-state index contributed by atoms with van der Waals surface area (Å²) in [6, 6.07) is 6.71. The molecular formula is C15H23N3O2. The van der Waals surface area contributed by atoms with Crippen molar-refractivity contribution in [1.82, 2.24) is 10.6 Å². The smallest absolute Gasteiger partial charge is 0.254 e. The standard InChI is InChI=1S/C15H23N3O2/c1-4-10-17-14(19)11(3)18-15(20)12-8-6-7-9-13(12)16-5-2/h6-9,11,16H,4-5,10H2,1-3H3,(H,17,19)(H,18,20). The maximum absolute atomic E-state index is 12.2. The van der Waals surface area contributed by atoms with E-state index in [1.807, 2.05) is 26.0 Å². The van der Waals surface area contributed by atoms with Gasteiger partial charge in [-0.3, -0.25) is 9.59 Å². The predicted octanol–water partition coefficient (Wildman–Crippen LogP) is 1.76. The molecule has 1 atom stereocenters. The lowest BCUT2D eigenvalue weighted by atomic mass is 10.1.